The molecule has 108 valence electrons. The van der Waals surface area contributed by atoms with E-state index >= 15 is 0 Å². The molecule has 2 rings (SSSR count). The highest BCUT2D eigenvalue weighted by molar-refractivity contribution is 7.90. The van der Waals surface area contributed by atoms with Crippen LogP contribution in [0.25, 0.3) is 0 Å². The lowest BCUT2D eigenvalue weighted by Crippen LogP contribution is -2.25. The minimum absolute atomic E-state index is 0.0453. The first-order valence-electron chi connectivity index (χ1n) is 5.32. The lowest BCUT2D eigenvalue weighted by atomic mass is 10.5. The van der Waals surface area contributed by atoms with Crippen molar-refractivity contribution in [3.63, 3.8) is 0 Å². The molecule has 1 atom stereocenters. The van der Waals surface area contributed by atoms with Crippen LogP contribution in [-0.4, -0.2) is 24.6 Å². The van der Waals surface area contributed by atoms with Gasteiger partial charge in [-0.15, -0.1) is 0 Å². The Kier molecular flexibility index (Phi) is 4.56. The van der Waals surface area contributed by atoms with Gasteiger partial charge >= 0.3 is 7.60 Å². The largest absolute Gasteiger partial charge is 0.422 e. The molecule has 0 aliphatic rings. The Labute approximate surface area is 119 Å². The predicted octanol–water partition coefficient (Wildman–Crippen LogP) is 1.64. The van der Waals surface area contributed by atoms with Crippen LogP contribution < -0.4 is 9.25 Å². The third-order valence-electron chi connectivity index (χ3n) is 2.14. The fourth-order valence-corrected chi connectivity index (χ4v) is 4.78. The second kappa shape index (κ2) is 6.02. The molecule has 2 heterocycles. The van der Waals surface area contributed by atoms with E-state index in [4.69, 9.17) is 4.52 Å². The van der Waals surface area contributed by atoms with Crippen molar-refractivity contribution in [1.29, 1.82) is 0 Å². The Hall–Kier alpha value is -1.25. The Balaban J connectivity index is 2.01. The third-order valence-corrected chi connectivity index (χ3v) is 5.64. The molecule has 0 bridgehead atoms. The molecule has 0 aliphatic carbocycles. The average Bonchev–Trinajstić information content (AvgIpc) is 2.92. The van der Waals surface area contributed by atoms with E-state index in [1.165, 1.54) is 47.3 Å². The topological polar surface area (TPSA) is 106 Å². The highest BCUT2D eigenvalue weighted by Gasteiger charge is 2.25. The van der Waals surface area contributed by atoms with Gasteiger partial charge < -0.3 is 9.42 Å². The molecule has 2 aromatic heterocycles. The van der Waals surface area contributed by atoms with Gasteiger partial charge in [0.05, 0.1) is 11.1 Å². The summed E-state index contributed by atoms with van der Waals surface area (Å²) < 4.78 is 42.2. The van der Waals surface area contributed by atoms with Crippen LogP contribution in [0.4, 0.5) is 0 Å². The van der Waals surface area contributed by atoms with Gasteiger partial charge in [0.15, 0.2) is 0 Å². The maximum atomic E-state index is 11.8. The fraction of sp³-hybridized carbons (Fsp3) is 0.100. The van der Waals surface area contributed by atoms with Crippen LogP contribution in [-0.2, 0) is 14.6 Å². The Morgan fingerprint density at radius 2 is 2.25 bits per heavy atom. The zero-order chi connectivity index (χ0) is 14.6. The molecular weight excluding hydrogens is 323 g/mol. The van der Waals surface area contributed by atoms with E-state index in [1.807, 2.05) is 4.72 Å². The van der Waals surface area contributed by atoms with Crippen molar-refractivity contribution >= 4 is 29.0 Å². The molecule has 0 saturated heterocycles. The molecule has 0 aliphatic heterocycles. The molecule has 0 amide bonds. The van der Waals surface area contributed by atoms with Crippen LogP contribution in [0.5, 0.6) is 5.75 Å². The number of thiophene rings is 1. The van der Waals surface area contributed by atoms with Crippen molar-refractivity contribution < 1.29 is 22.4 Å². The summed E-state index contributed by atoms with van der Waals surface area (Å²) in [6.45, 7) is 0. The second-order valence-corrected chi connectivity index (χ2v) is 8.00. The van der Waals surface area contributed by atoms with Gasteiger partial charge in [-0.25, -0.2) is 13.0 Å². The normalized spacial score (nSPS) is 14.7. The van der Waals surface area contributed by atoms with Gasteiger partial charge in [-0.05, 0) is 23.6 Å². The van der Waals surface area contributed by atoms with Crippen molar-refractivity contribution in [2.24, 2.45) is 0 Å². The van der Waals surface area contributed by atoms with E-state index in [0.717, 1.165) is 0 Å². The minimum atomic E-state index is -4.14. The first kappa shape index (κ1) is 15.1. The van der Waals surface area contributed by atoms with E-state index < -0.39 is 23.9 Å². The van der Waals surface area contributed by atoms with Gasteiger partial charge in [0.2, 0.25) is 10.0 Å². The molecule has 0 spiro atoms. The summed E-state index contributed by atoms with van der Waals surface area (Å²) in [5, 5.41) is 3.02. The number of hydrogen-bond acceptors (Lipinski definition) is 6. The molecule has 0 saturated carbocycles. The Morgan fingerprint density at radius 3 is 2.85 bits per heavy atom. The summed E-state index contributed by atoms with van der Waals surface area (Å²) in [6.07, 6.45) is 2.02. The monoisotopic (exact) mass is 334 g/mol. The summed E-state index contributed by atoms with van der Waals surface area (Å²) in [5.74, 6) is 0.0908. The summed E-state index contributed by atoms with van der Waals surface area (Å²) in [4.78, 5) is 13.4. The predicted molar refractivity (Wildman–Crippen MR) is 74.2 cm³/mol. The van der Waals surface area contributed by atoms with Crippen LogP contribution in [0, 0.1) is 0 Å². The molecule has 0 fully saturated rings. The second-order valence-electron chi connectivity index (χ2n) is 3.68. The number of pyridine rings is 1. The van der Waals surface area contributed by atoms with Gasteiger partial charge in [-0.1, -0.05) is 0 Å². The molecule has 2 aromatic rings. The number of sulfonamides is 1. The fourth-order valence-electron chi connectivity index (χ4n) is 1.25. The van der Waals surface area contributed by atoms with E-state index in [0.29, 0.717) is 0 Å². The summed E-state index contributed by atoms with van der Waals surface area (Å²) in [7, 11) is -7.95. The van der Waals surface area contributed by atoms with Gasteiger partial charge in [0, 0.05) is 11.6 Å². The third kappa shape index (κ3) is 4.12. The molecule has 1 unspecified atom stereocenters. The number of aromatic nitrogens is 1. The van der Waals surface area contributed by atoms with E-state index in [2.05, 4.69) is 4.98 Å². The van der Waals surface area contributed by atoms with Gasteiger partial charge in [0.1, 0.15) is 12.0 Å². The zero-order valence-electron chi connectivity index (χ0n) is 10.0. The smallest absolute Gasteiger partial charge is 0.391 e. The number of rotatable bonds is 6. The van der Waals surface area contributed by atoms with Crippen molar-refractivity contribution in [3.05, 3.63) is 41.4 Å². The molecule has 2 N–H and O–H groups in total. The van der Waals surface area contributed by atoms with Crippen molar-refractivity contribution in [3.8, 4) is 5.75 Å². The molecular formula is C10H11N2O5PS2. The van der Waals surface area contributed by atoms with Gasteiger partial charge in [-0.3, -0.25) is 4.98 Å². The summed E-state index contributed by atoms with van der Waals surface area (Å²) in [5.41, 5.74) is 0. The standard InChI is InChI=1S/C10H11N2O5PS2/c13-18(14,17-9-2-1-4-11-6-9)8-12-20(15,16)10-3-5-19-7-10/h1-7,12H,8H2,(H,13,14). The number of hydrogen-bond donors (Lipinski definition) is 2. The Bertz CT molecular complexity index is 703. The average molecular weight is 334 g/mol. The maximum absolute atomic E-state index is 11.8. The summed E-state index contributed by atoms with van der Waals surface area (Å²) in [6, 6.07) is 4.38. The SMILES string of the molecule is O=P(O)(CNS(=O)(=O)c1ccsc1)Oc1cccnc1. The van der Waals surface area contributed by atoms with E-state index in [-0.39, 0.29) is 10.6 Å². The van der Waals surface area contributed by atoms with Crippen molar-refractivity contribution in [1.82, 2.24) is 9.71 Å². The number of nitrogens with one attached hydrogen (secondary N) is 1. The molecule has 10 heteroatoms. The van der Waals surface area contributed by atoms with Crippen molar-refractivity contribution in [2.45, 2.75) is 4.90 Å². The highest BCUT2D eigenvalue weighted by Crippen LogP contribution is 2.41. The Morgan fingerprint density at radius 1 is 1.45 bits per heavy atom. The summed E-state index contributed by atoms with van der Waals surface area (Å²) >= 11 is 1.21. The van der Waals surface area contributed by atoms with Gasteiger partial charge in [0.25, 0.3) is 0 Å². The van der Waals surface area contributed by atoms with E-state index in [9.17, 15) is 17.9 Å². The van der Waals surface area contributed by atoms with Crippen LogP contribution in [0.3, 0.4) is 0 Å². The van der Waals surface area contributed by atoms with Gasteiger partial charge in [-0.2, -0.15) is 16.1 Å². The molecule has 0 radical (unpaired) electrons. The van der Waals surface area contributed by atoms with Crippen LogP contribution in [0.2, 0.25) is 0 Å². The first-order valence-corrected chi connectivity index (χ1v) is 9.51. The van der Waals surface area contributed by atoms with E-state index in [1.54, 1.807) is 5.38 Å². The minimum Gasteiger partial charge on any atom is -0.422 e. The lowest BCUT2D eigenvalue weighted by Gasteiger charge is -2.13. The maximum Gasteiger partial charge on any atom is 0.391 e. The quantitative estimate of drug-likeness (QED) is 0.778. The zero-order valence-corrected chi connectivity index (χ0v) is 12.6. The molecule has 0 aromatic carbocycles. The van der Waals surface area contributed by atoms with Crippen molar-refractivity contribution in [2.75, 3.05) is 6.29 Å². The number of nitrogens with zero attached hydrogens (tertiary/aromatic N) is 1. The van der Waals surface area contributed by atoms with Crippen LogP contribution >= 0.6 is 18.9 Å². The first-order chi connectivity index (χ1) is 9.39. The van der Waals surface area contributed by atoms with Crippen LogP contribution in [0.1, 0.15) is 0 Å². The molecule has 7 nitrogen and oxygen atoms in total. The lowest BCUT2D eigenvalue weighted by molar-refractivity contribution is 0.377. The highest BCUT2D eigenvalue weighted by atomic mass is 32.2. The van der Waals surface area contributed by atoms with Crippen LogP contribution in [0.15, 0.2) is 46.2 Å². The molecule has 20 heavy (non-hydrogen) atoms.